The molecule has 25 heavy (non-hydrogen) atoms. The topological polar surface area (TPSA) is 134 Å². The molecule has 0 aliphatic rings. The van der Waals surface area contributed by atoms with Crippen LogP contribution >= 0.6 is 0 Å². The van der Waals surface area contributed by atoms with Gasteiger partial charge in [-0.25, -0.2) is 9.59 Å². The number of ether oxygens (including phenoxy) is 2. The van der Waals surface area contributed by atoms with Crippen LogP contribution in [0.1, 0.15) is 20.7 Å². The average molecular weight is 428 g/mol. The summed E-state index contributed by atoms with van der Waals surface area (Å²) in [7, 11) is 2.86. The van der Waals surface area contributed by atoms with Crippen molar-refractivity contribution < 1.29 is 65.7 Å². The number of carbonyl (C=O) groups is 2. The fourth-order valence-electron chi connectivity index (χ4n) is 1.63. The first-order valence-electron chi connectivity index (χ1n) is 6.50. The van der Waals surface area contributed by atoms with Gasteiger partial charge in [0.1, 0.15) is 34.1 Å². The molecule has 0 spiro atoms. The van der Waals surface area contributed by atoms with Crippen molar-refractivity contribution in [1.29, 1.82) is 0 Å². The van der Waals surface area contributed by atoms with Crippen molar-refractivity contribution in [2.45, 2.75) is 0 Å². The zero-order valence-electron chi connectivity index (χ0n) is 13.4. The SMILES string of the molecule is COc1ccc(O)c(C(=O)O)c1.COc1ccc(O)c(C(=O)O)c1.[Zr]. The van der Waals surface area contributed by atoms with Crippen molar-refractivity contribution in [1.82, 2.24) is 0 Å². The molecule has 0 atom stereocenters. The first-order valence-corrected chi connectivity index (χ1v) is 6.50. The number of carboxylic acids is 2. The van der Waals surface area contributed by atoms with Crippen molar-refractivity contribution in [3.63, 3.8) is 0 Å². The maximum atomic E-state index is 10.5. The van der Waals surface area contributed by atoms with Gasteiger partial charge < -0.3 is 29.9 Å². The van der Waals surface area contributed by atoms with E-state index in [0.29, 0.717) is 11.5 Å². The molecule has 0 aliphatic heterocycles. The zero-order chi connectivity index (χ0) is 18.3. The molecule has 0 amide bonds. The molecular formula is C16H16O8Zr. The summed E-state index contributed by atoms with van der Waals surface area (Å²) in [6.07, 6.45) is 0. The molecule has 0 aromatic heterocycles. The Hall–Kier alpha value is -2.54. The van der Waals surface area contributed by atoms with Crippen LogP contribution < -0.4 is 9.47 Å². The van der Waals surface area contributed by atoms with Crippen molar-refractivity contribution >= 4 is 11.9 Å². The largest absolute Gasteiger partial charge is 0.507 e. The van der Waals surface area contributed by atoms with E-state index in [9.17, 15) is 9.59 Å². The molecular weight excluding hydrogens is 411 g/mol. The van der Waals surface area contributed by atoms with Gasteiger partial charge in [-0.2, -0.15) is 0 Å². The van der Waals surface area contributed by atoms with Crippen LogP contribution in [0.4, 0.5) is 0 Å². The second-order valence-electron chi connectivity index (χ2n) is 4.38. The van der Waals surface area contributed by atoms with E-state index in [1.807, 2.05) is 0 Å². The van der Waals surface area contributed by atoms with Gasteiger partial charge in [0.25, 0.3) is 0 Å². The van der Waals surface area contributed by atoms with Gasteiger partial charge in [0.15, 0.2) is 0 Å². The third-order valence-corrected chi connectivity index (χ3v) is 2.87. The maximum absolute atomic E-state index is 10.5. The Balaban J connectivity index is 0.000000443. The summed E-state index contributed by atoms with van der Waals surface area (Å²) in [6, 6.07) is 8.06. The number of rotatable bonds is 4. The Labute approximate surface area is 162 Å². The number of hydrogen-bond acceptors (Lipinski definition) is 6. The summed E-state index contributed by atoms with van der Waals surface area (Å²) in [6.45, 7) is 0. The van der Waals surface area contributed by atoms with E-state index in [1.54, 1.807) is 0 Å². The second kappa shape index (κ2) is 10.4. The first kappa shape index (κ1) is 22.5. The molecule has 0 saturated carbocycles. The minimum Gasteiger partial charge on any atom is -0.507 e. The Kier molecular flexibility index (Phi) is 9.30. The fourth-order valence-corrected chi connectivity index (χ4v) is 1.63. The molecule has 0 saturated heterocycles. The Morgan fingerprint density at radius 2 is 1.08 bits per heavy atom. The van der Waals surface area contributed by atoms with Crippen LogP contribution in [0.5, 0.6) is 23.0 Å². The second-order valence-corrected chi connectivity index (χ2v) is 4.38. The summed E-state index contributed by atoms with van der Waals surface area (Å²) in [4.78, 5) is 20.9. The van der Waals surface area contributed by atoms with Crippen LogP contribution in [-0.4, -0.2) is 46.6 Å². The number of benzene rings is 2. The zero-order valence-corrected chi connectivity index (χ0v) is 15.8. The van der Waals surface area contributed by atoms with Gasteiger partial charge in [-0.3, -0.25) is 0 Å². The number of hydrogen-bond donors (Lipinski definition) is 4. The van der Waals surface area contributed by atoms with Gasteiger partial charge in [0, 0.05) is 26.2 Å². The minimum atomic E-state index is -1.17. The summed E-state index contributed by atoms with van der Waals surface area (Å²) < 4.78 is 9.57. The number of aromatic carboxylic acids is 2. The number of phenols is 2. The predicted molar refractivity (Wildman–Crippen MR) is 83.2 cm³/mol. The van der Waals surface area contributed by atoms with Crippen LogP contribution in [0.3, 0.4) is 0 Å². The molecule has 2 aromatic rings. The van der Waals surface area contributed by atoms with E-state index in [2.05, 4.69) is 0 Å². The maximum Gasteiger partial charge on any atom is 0.339 e. The minimum absolute atomic E-state index is 0. The van der Waals surface area contributed by atoms with Gasteiger partial charge in [0.05, 0.1) is 14.2 Å². The quantitative estimate of drug-likeness (QED) is 0.583. The van der Waals surface area contributed by atoms with Crippen LogP contribution in [0.2, 0.25) is 0 Å². The van der Waals surface area contributed by atoms with Crippen molar-refractivity contribution in [3.8, 4) is 23.0 Å². The van der Waals surface area contributed by atoms with E-state index in [0.717, 1.165) is 0 Å². The summed E-state index contributed by atoms with van der Waals surface area (Å²) in [5.41, 5.74) is -0.316. The van der Waals surface area contributed by atoms with Crippen LogP contribution in [0, 0.1) is 0 Å². The molecule has 0 radical (unpaired) electrons. The van der Waals surface area contributed by atoms with Crippen molar-refractivity contribution in [2.75, 3.05) is 14.2 Å². The summed E-state index contributed by atoms with van der Waals surface area (Å²) in [5.74, 6) is -2.06. The van der Waals surface area contributed by atoms with E-state index in [-0.39, 0.29) is 48.8 Å². The van der Waals surface area contributed by atoms with Crippen molar-refractivity contribution in [2.24, 2.45) is 0 Å². The van der Waals surface area contributed by atoms with E-state index >= 15 is 0 Å². The normalized spacial score (nSPS) is 9.04. The van der Waals surface area contributed by atoms with Gasteiger partial charge in [-0.05, 0) is 36.4 Å². The fraction of sp³-hybridized carbons (Fsp3) is 0.125. The van der Waals surface area contributed by atoms with E-state index in [4.69, 9.17) is 29.9 Å². The molecule has 0 bridgehead atoms. The van der Waals surface area contributed by atoms with E-state index in [1.165, 1.54) is 50.6 Å². The summed E-state index contributed by atoms with van der Waals surface area (Å²) in [5, 5.41) is 35.3. The Bertz CT molecular complexity index is 681. The first-order chi connectivity index (χ1) is 11.3. The molecule has 2 aromatic carbocycles. The molecule has 2 rings (SSSR count). The van der Waals surface area contributed by atoms with Gasteiger partial charge in [-0.1, -0.05) is 0 Å². The molecule has 0 fully saturated rings. The molecule has 132 valence electrons. The average Bonchev–Trinajstić information content (AvgIpc) is 2.56. The molecule has 0 heterocycles. The molecule has 9 heteroatoms. The Morgan fingerprint density at radius 3 is 1.32 bits per heavy atom. The standard InChI is InChI=1S/2C8H8O4.Zr/c2*1-12-5-2-3-7(9)6(4-5)8(10)11;/h2*2-4,9H,1H3,(H,10,11);. The van der Waals surface area contributed by atoms with Crippen LogP contribution in [0.15, 0.2) is 36.4 Å². The molecule has 0 aliphatic carbocycles. The smallest absolute Gasteiger partial charge is 0.339 e. The van der Waals surface area contributed by atoms with Gasteiger partial charge >= 0.3 is 11.9 Å². The van der Waals surface area contributed by atoms with Crippen molar-refractivity contribution in [3.05, 3.63) is 47.5 Å². The third-order valence-electron chi connectivity index (χ3n) is 2.87. The van der Waals surface area contributed by atoms with Gasteiger partial charge in [-0.15, -0.1) is 0 Å². The molecule has 4 N–H and O–H groups in total. The summed E-state index contributed by atoms with van der Waals surface area (Å²) >= 11 is 0. The third kappa shape index (κ3) is 6.46. The number of methoxy groups -OCH3 is 2. The predicted octanol–water partition coefficient (Wildman–Crippen LogP) is 2.20. The van der Waals surface area contributed by atoms with E-state index < -0.39 is 11.9 Å². The monoisotopic (exact) mass is 426 g/mol. The number of aromatic hydroxyl groups is 2. The van der Waals surface area contributed by atoms with Crippen LogP contribution in [-0.2, 0) is 26.2 Å². The van der Waals surface area contributed by atoms with Crippen LogP contribution in [0.25, 0.3) is 0 Å². The molecule has 8 nitrogen and oxygen atoms in total. The molecule has 0 unspecified atom stereocenters. The Morgan fingerprint density at radius 1 is 0.760 bits per heavy atom. The van der Waals surface area contributed by atoms with Gasteiger partial charge in [0.2, 0.25) is 0 Å². The number of carboxylic acid groups (broad SMARTS) is 2.